The molecule has 2 aromatic carbocycles. The number of nitrogens with zero attached hydrogens (tertiary/aromatic N) is 1. The molecule has 0 saturated carbocycles. The van der Waals surface area contributed by atoms with Crippen molar-refractivity contribution in [2.45, 2.75) is 38.2 Å². The quantitative estimate of drug-likeness (QED) is 0.316. The van der Waals surface area contributed by atoms with Crippen molar-refractivity contribution in [3.8, 4) is 11.8 Å². The van der Waals surface area contributed by atoms with Crippen LogP contribution in [0.1, 0.15) is 35.3 Å². The number of rotatable bonds is 7. The topological polar surface area (TPSA) is 90.9 Å². The Balaban J connectivity index is 1.87. The number of amides is 1. The van der Waals surface area contributed by atoms with Crippen molar-refractivity contribution >= 4 is 23.5 Å². The number of nitrogens with one attached hydrogen (secondary N) is 2. The second-order valence-electron chi connectivity index (χ2n) is 8.11. The van der Waals surface area contributed by atoms with Gasteiger partial charge in [0.1, 0.15) is 22.8 Å². The Morgan fingerprint density at radius 1 is 1.18 bits per heavy atom. The summed E-state index contributed by atoms with van der Waals surface area (Å²) in [6, 6.07) is 12.1. The minimum Gasteiger partial charge on any atom is -0.478 e. The minimum atomic E-state index is -1.02. The molecular weight excluding hydrogens is 461 g/mol. The van der Waals surface area contributed by atoms with E-state index < -0.39 is 23.1 Å². The van der Waals surface area contributed by atoms with Gasteiger partial charge in [0.2, 0.25) is 0 Å². The van der Waals surface area contributed by atoms with Gasteiger partial charge in [-0.1, -0.05) is 41.8 Å². The minimum absolute atomic E-state index is 0.159. The van der Waals surface area contributed by atoms with Crippen LogP contribution in [0.5, 0.6) is 0 Å². The van der Waals surface area contributed by atoms with Gasteiger partial charge >= 0.3 is 5.97 Å². The molecule has 1 aliphatic heterocycles. The first-order valence-corrected chi connectivity index (χ1v) is 10.9. The van der Waals surface area contributed by atoms with Crippen LogP contribution in [0, 0.1) is 17.7 Å². The van der Waals surface area contributed by atoms with E-state index in [4.69, 9.17) is 21.4 Å². The summed E-state index contributed by atoms with van der Waals surface area (Å²) in [5.41, 5.74) is 0.730. The van der Waals surface area contributed by atoms with E-state index in [-0.39, 0.29) is 30.2 Å². The van der Waals surface area contributed by atoms with Crippen molar-refractivity contribution in [1.82, 2.24) is 15.5 Å². The summed E-state index contributed by atoms with van der Waals surface area (Å²) in [4.78, 5) is 25.9. The van der Waals surface area contributed by atoms with Gasteiger partial charge in [-0.15, -0.1) is 0 Å². The molecule has 2 aromatic rings. The third kappa shape index (κ3) is 6.28. The number of hydrogen-bond acceptors (Lipinski definition) is 5. The van der Waals surface area contributed by atoms with E-state index in [1.807, 2.05) is 0 Å². The third-order valence-corrected chi connectivity index (χ3v) is 5.54. The summed E-state index contributed by atoms with van der Waals surface area (Å²) in [6.07, 6.45) is 0. The van der Waals surface area contributed by atoms with Gasteiger partial charge in [-0.05, 0) is 55.2 Å². The number of allylic oxidation sites excluding steroid dienone is 1. The number of carboxylic acid groups (broad SMARTS) is 1. The SMILES string of the molecule is COC(C)(C)C#CC1=C(C(=O)NCc2ccc(C(=O)O)cc2)N(Cc2ccc(F)cc2)C(Cl)N1. The average molecular weight is 486 g/mol. The zero-order chi connectivity index (χ0) is 24.9. The number of carboxylic acids is 1. The summed E-state index contributed by atoms with van der Waals surface area (Å²) in [6.45, 7) is 4.01. The number of methoxy groups -OCH3 is 1. The lowest BCUT2D eigenvalue weighted by molar-refractivity contribution is -0.119. The van der Waals surface area contributed by atoms with E-state index in [2.05, 4.69) is 22.5 Å². The smallest absolute Gasteiger partial charge is 0.335 e. The van der Waals surface area contributed by atoms with Gasteiger partial charge in [-0.3, -0.25) is 4.79 Å². The Morgan fingerprint density at radius 3 is 2.38 bits per heavy atom. The van der Waals surface area contributed by atoms with Crippen LogP contribution in [0.25, 0.3) is 0 Å². The molecule has 0 bridgehead atoms. The first-order valence-electron chi connectivity index (χ1n) is 10.4. The Bertz CT molecular complexity index is 1150. The fraction of sp³-hybridized carbons (Fsp3) is 0.280. The van der Waals surface area contributed by atoms with Gasteiger partial charge in [-0.25, -0.2) is 9.18 Å². The molecule has 1 heterocycles. The van der Waals surface area contributed by atoms with Crippen LogP contribution >= 0.6 is 11.6 Å². The van der Waals surface area contributed by atoms with Crippen LogP contribution < -0.4 is 10.6 Å². The fourth-order valence-electron chi connectivity index (χ4n) is 3.10. The molecule has 1 amide bonds. The predicted octanol–water partition coefficient (Wildman–Crippen LogP) is 3.41. The van der Waals surface area contributed by atoms with E-state index in [1.54, 1.807) is 50.1 Å². The third-order valence-electron chi connectivity index (χ3n) is 5.20. The largest absolute Gasteiger partial charge is 0.478 e. The first kappa shape index (κ1) is 25.1. The molecule has 3 N–H and O–H groups in total. The van der Waals surface area contributed by atoms with Crippen LogP contribution in [0.4, 0.5) is 4.39 Å². The van der Waals surface area contributed by atoms with Crippen molar-refractivity contribution in [2.24, 2.45) is 0 Å². The molecule has 0 saturated heterocycles. The van der Waals surface area contributed by atoms with Gasteiger partial charge in [0.15, 0.2) is 5.62 Å². The van der Waals surface area contributed by atoms with Crippen LogP contribution in [-0.2, 0) is 22.6 Å². The molecule has 0 radical (unpaired) electrons. The number of carbonyl (C=O) groups excluding carboxylic acids is 1. The second-order valence-corrected chi connectivity index (χ2v) is 8.52. The maximum Gasteiger partial charge on any atom is 0.335 e. The van der Waals surface area contributed by atoms with Gasteiger partial charge in [0.25, 0.3) is 5.91 Å². The highest BCUT2D eigenvalue weighted by atomic mass is 35.5. The maximum atomic E-state index is 13.3. The zero-order valence-corrected chi connectivity index (χ0v) is 19.7. The molecule has 7 nitrogen and oxygen atoms in total. The van der Waals surface area contributed by atoms with E-state index in [0.717, 1.165) is 11.1 Å². The highest BCUT2D eigenvalue weighted by molar-refractivity contribution is 6.21. The molecule has 0 spiro atoms. The second kappa shape index (κ2) is 10.6. The summed E-state index contributed by atoms with van der Waals surface area (Å²) in [7, 11) is 1.54. The Morgan fingerprint density at radius 2 is 1.79 bits per heavy atom. The van der Waals surface area contributed by atoms with Gasteiger partial charge in [0, 0.05) is 20.2 Å². The molecule has 1 unspecified atom stereocenters. The van der Waals surface area contributed by atoms with Crippen LogP contribution in [0.2, 0.25) is 0 Å². The van der Waals surface area contributed by atoms with Gasteiger partial charge in [-0.2, -0.15) is 0 Å². The Hall–Kier alpha value is -3.54. The molecule has 1 aliphatic rings. The standard InChI is InChI=1S/C25H25ClFN3O4/c1-25(2,34-3)13-12-20-21(22(31)28-14-16-4-8-18(9-5-16)23(32)33)30(24(26)29-20)15-17-6-10-19(27)11-7-17/h4-11,24,29H,14-15H2,1-3H3,(H,28,31)(H,32,33). The lowest BCUT2D eigenvalue weighted by Gasteiger charge is -2.24. The molecule has 0 aromatic heterocycles. The molecule has 178 valence electrons. The van der Waals surface area contributed by atoms with Crippen molar-refractivity contribution in [1.29, 1.82) is 0 Å². The van der Waals surface area contributed by atoms with E-state index >= 15 is 0 Å². The normalized spacial score (nSPS) is 15.4. The van der Waals surface area contributed by atoms with Crippen LogP contribution in [-0.4, -0.2) is 40.2 Å². The number of halogens is 2. The van der Waals surface area contributed by atoms with Gasteiger partial charge < -0.3 is 25.4 Å². The number of carbonyl (C=O) groups is 2. The van der Waals surface area contributed by atoms with E-state index in [9.17, 15) is 14.0 Å². The van der Waals surface area contributed by atoms with Crippen molar-refractivity contribution in [3.63, 3.8) is 0 Å². The van der Waals surface area contributed by atoms with Crippen molar-refractivity contribution in [3.05, 3.63) is 82.4 Å². The first-order chi connectivity index (χ1) is 16.1. The Labute approximate surface area is 202 Å². The Kier molecular flexibility index (Phi) is 7.82. The average Bonchev–Trinajstić information content (AvgIpc) is 3.13. The molecule has 34 heavy (non-hydrogen) atoms. The lowest BCUT2D eigenvalue weighted by Crippen LogP contribution is -2.37. The van der Waals surface area contributed by atoms with Crippen molar-refractivity contribution < 1.29 is 23.8 Å². The summed E-state index contributed by atoms with van der Waals surface area (Å²) < 4.78 is 18.7. The summed E-state index contributed by atoms with van der Waals surface area (Å²) >= 11 is 6.51. The molecular formula is C25H25ClFN3O4. The van der Waals surface area contributed by atoms with E-state index in [1.165, 1.54) is 24.3 Å². The number of benzene rings is 2. The lowest BCUT2D eigenvalue weighted by atomic mass is 10.1. The molecule has 3 rings (SSSR count). The number of alkyl halides is 1. The maximum absolute atomic E-state index is 13.3. The fourth-order valence-corrected chi connectivity index (χ4v) is 3.38. The zero-order valence-electron chi connectivity index (χ0n) is 19.0. The number of aromatic carboxylic acids is 1. The van der Waals surface area contributed by atoms with Crippen LogP contribution in [0.3, 0.4) is 0 Å². The van der Waals surface area contributed by atoms with Crippen LogP contribution in [0.15, 0.2) is 59.9 Å². The molecule has 0 aliphatic carbocycles. The highest BCUT2D eigenvalue weighted by Crippen LogP contribution is 2.26. The molecule has 9 heteroatoms. The molecule has 1 atom stereocenters. The highest BCUT2D eigenvalue weighted by Gasteiger charge is 2.34. The number of ether oxygens (including phenoxy) is 1. The molecule has 0 fully saturated rings. The number of hydrogen-bond donors (Lipinski definition) is 3. The van der Waals surface area contributed by atoms with Gasteiger partial charge in [0.05, 0.1) is 5.56 Å². The van der Waals surface area contributed by atoms with Crippen molar-refractivity contribution in [2.75, 3.05) is 7.11 Å². The van der Waals surface area contributed by atoms with E-state index in [0.29, 0.717) is 5.70 Å². The summed E-state index contributed by atoms with van der Waals surface area (Å²) in [5, 5.41) is 14.9. The monoisotopic (exact) mass is 485 g/mol. The predicted molar refractivity (Wildman–Crippen MR) is 126 cm³/mol. The summed E-state index contributed by atoms with van der Waals surface area (Å²) in [5.74, 6) is 4.13.